The molecule has 5 nitrogen and oxygen atoms in total. The lowest BCUT2D eigenvalue weighted by Crippen LogP contribution is -2.47. The molecule has 2 heterocycles. The van der Waals surface area contributed by atoms with Gasteiger partial charge in [-0.2, -0.15) is 4.31 Å². The fraction of sp³-hybridized carbons (Fsp3) is 0.647. The Morgan fingerprint density at radius 1 is 1.17 bits per heavy atom. The number of nitrogens with zero attached hydrogens (tertiary/aromatic N) is 1. The van der Waals surface area contributed by atoms with Crippen molar-refractivity contribution in [1.29, 1.82) is 0 Å². The molecule has 128 valence electrons. The molecule has 23 heavy (non-hydrogen) atoms. The first kappa shape index (κ1) is 16.7. The van der Waals surface area contributed by atoms with E-state index in [0.717, 1.165) is 25.7 Å². The van der Waals surface area contributed by atoms with Gasteiger partial charge in [0.25, 0.3) is 0 Å². The first-order valence-electron chi connectivity index (χ1n) is 8.47. The van der Waals surface area contributed by atoms with Crippen molar-refractivity contribution in [3.05, 3.63) is 24.3 Å². The van der Waals surface area contributed by atoms with E-state index in [-0.39, 0.29) is 18.2 Å². The summed E-state index contributed by atoms with van der Waals surface area (Å²) in [7, 11) is -3.50. The van der Waals surface area contributed by atoms with Crippen molar-refractivity contribution in [2.75, 3.05) is 6.61 Å². The highest BCUT2D eigenvalue weighted by Gasteiger charge is 2.46. The van der Waals surface area contributed by atoms with Crippen LogP contribution in [0.5, 0.6) is 5.75 Å². The monoisotopic (exact) mass is 339 g/mol. The van der Waals surface area contributed by atoms with E-state index in [1.165, 1.54) is 0 Å². The molecule has 6 heteroatoms. The number of fused-ring (bicyclic) bond motifs is 2. The minimum atomic E-state index is -3.50. The summed E-state index contributed by atoms with van der Waals surface area (Å²) < 4.78 is 33.1. The van der Waals surface area contributed by atoms with E-state index in [1.807, 2.05) is 0 Å². The molecule has 2 bridgehead atoms. The maximum Gasteiger partial charge on any atom is 0.243 e. The summed E-state index contributed by atoms with van der Waals surface area (Å²) >= 11 is 0. The van der Waals surface area contributed by atoms with Crippen molar-refractivity contribution in [2.45, 2.75) is 68.5 Å². The van der Waals surface area contributed by atoms with Gasteiger partial charge in [0.2, 0.25) is 10.0 Å². The quantitative estimate of drug-likeness (QED) is 0.809. The van der Waals surface area contributed by atoms with Crippen LogP contribution in [0.25, 0.3) is 0 Å². The molecule has 2 aliphatic heterocycles. The van der Waals surface area contributed by atoms with Gasteiger partial charge in [0.05, 0.1) is 17.6 Å². The molecule has 0 spiro atoms. The van der Waals surface area contributed by atoms with Crippen molar-refractivity contribution in [3.8, 4) is 5.75 Å². The van der Waals surface area contributed by atoms with Crippen LogP contribution in [0, 0.1) is 0 Å². The highest BCUT2D eigenvalue weighted by molar-refractivity contribution is 7.89. The van der Waals surface area contributed by atoms with Crippen molar-refractivity contribution in [1.82, 2.24) is 4.31 Å². The van der Waals surface area contributed by atoms with Crippen LogP contribution in [-0.2, 0) is 10.0 Å². The standard InChI is InChI=1S/C17H25NO4S/c1-2-3-10-22-16-6-8-17(9-7-16)23(20,21)18-13-4-5-14(18)12-15(19)11-13/h6-9,13-15,19H,2-5,10-12H2,1H3. The summed E-state index contributed by atoms with van der Waals surface area (Å²) in [4.78, 5) is 0.314. The third kappa shape index (κ3) is 3.39. The predicted molar refractivity (Wildman–Crippen MR) is 87.9 cm³/mol. The van der Waals surface area contributed by atoms with Crippen molar-refractivity contribution in [2.24, 2.45) is 0 Å². The van der Waals surface area contributed by atoms with Gasteiger partial charge in [-0.25, -0.2) is 8.42 Å². The second-order valence-corrected chi connectivity index (χ2v) is 8.36. The van der Waals surface area contributed by atoms with Crippen LogP contribution in [0.15, 0.2) is 29.2 Å². The summed E-state index contributed by atoms with van der Waals surface area (Å²) in [5.41, 5.74) is 0. The fourth-order valence-electron chi connectivity index (χ4n) is 3.66. The fourth-order valence-corrected chi connectivity index (χ4v) is 5.55. The van der Waals surface area contributed by atoms with E-state index in [4.69, 9.17) is 4.74 Å². The number of aliphatic hydroxyl groups is 1. The summed E-state index contributed by atoms with van der Waals surface area (Å²) in [5.74, 6) is 0.703. The zero-order valence-corrected chi connectivity index (χ0v) is 14.3. The second kappa shape index (κ2) is 6.79. The molecule has 3 rings (SSSR count). The maximum absolute atomic E-state index is 12.9. The van der Waals surface area contributed by atoms with Crippen LogP contribution in [0.1, 0.15) is 45.4 Å². The summed E-state index contributed by atoms with van der Waals surface area (Å²) in [6.07, 6.45) is 4.48. The van der Waals surface area contributed by atoms with Gasteiger partial charge in [-0.05, 0) is 56.4 Å². The molecule has 0 saturated carbocycles. The zero-order valence-electron chi connectivity index (χ0n) is 13.5. The molecular weight excluding hydrogens is 314 g/mol. The minimum Gasteiger partial charge on any atom is -0.494 e. The number of aliphatic hydroxyl groups excluding tert-OH is 1. The molecule has 2 unspecified atom stereocenters. The molecule has 2 saturated heterocycles. The molecule has 0 amide bonds. The van der Waals surface area contributed by atoms with Crippen LogP contribution >= 0.6 is 0 Å². The molecule has 1 N–H and O–H groups in total. The average Bonchev–Trinajstić information content (AvgIpc) is 2.81. The van der Waals surface area contributed by atoms with Gasteiger partial charge in [0, 0.05) is 12.1 Å². The van der Waals surface area contributed by atoms with Gasteiger partial charge >= 0.3 is 0 Å². The lowest BCUT2D eigenvalue weighted by molar-refractivity contribution is 0.0769. The van der Waals surface area contributed by atoms with Crippen LogP contribution in [0.2, 0.25) is 0 Å². The Hall–Kier alpha value is -1.11. The number of ether oxygens (including phenoxy) is 1. The van der Waals surface area contributed by atoms with Crippen LogP contribution < -0.4 is 4.74 Å². The molecule has 0 radical (unpaired) electrons. The lowest BCUT2D eigenvalue weighted by Gasteiger charge is -2.36. The van der Waals surface area contributed by atoms with Crippen LogP contribution in [-0.4, -0.2) is 42.6 Å². The maximum atomic E-state index is 12.9. The highest BCUT2D eigenvalue weighted by atomic mass is 32.2. The van der Waals surface area contributed by atoms with Crippen LogP contribution in [0.3, 0.4) is 0 Å². The average molecular weight is 339 g/mol. The first-order valence-corrected chi connectivity index (χ1v) is 9.91. The SMILES string of the molecule is CCCCOc1ccc(S(=O)(=O)N2C3CCC2CC(O)C3)cc1. The minimum absolute atomic E-state index is 0.0609. The number of hydrogen-bond donors (Lipinski definition) is 1. The molecule has 1 aromatic carbocycles. The van der Waals surface area contributed by atoms with Crippen molar-refractivity contribution < 1.29 is 18.3 Å². The topological polar surface area (TPSA) is 66.8 Å². The largest absolute Gasteiger partial charge is 0.494 e. The summed E-state index contributed by atoms with van der Waals surface area (Å²) in [6, 6.07) is 6.58. The molecule has 1 aromatic rings. The molecule has 0 aliphatic carbocycles. The lowest BCUT2D eigenvalue weighted by atomic mass is 10.0. The van der Waals surface area contributed by atoms with Gasteiger partial charge in [0.1, 0.15) is 5.75 Å². The van der Waals surface area contributed by atoms with Crippen LogP contribution in [0.4, 0.5) is 0 Å². The van der Waals surface area contributed by atoms with Gasteiger partial charge in [0.15, 0.2) is 0 Å². The van der Waals surface area contributed by atoms with E-state index < -0.39 is 10.0 Å². The molecule has 2 atom stereocenters. The third-order valence-electron chi connectivity index (χ3n) is 4.81. The summed E-state index contributed by atoms with van der Waals surface area (Å²) in [5, 5.41) is 9.85. The van der Waals surface area contributed by atoms with Gasteiger partial charge in [-0.1, -0.05) is 13.3 Å². The number of rotatable bonds is 6. The number of unbranched alkanes of at least 4 members (excludes halogenated alkanes) is 1. The smallest absolute Gasteiger partial charge is 0.243 e. The van der Waals surface area contributed by atoms with E-state index in [1.54, 1.807) is 28.6 Å². The predicted octanol–water partition coefficient (Wildman–Crippen LogP) is 2.54. The number of hydrogen-bond acceptors (Lipinski definition) is 4. The number of piperidine rings is 1. The Labute approximate surface area is 138 Å². The van der Waals surface area contributed by atoms with Crippen molar-refractivity contribution in [3.63, 3.8) is 0 Å². The summed E-state index contributed by atoms with van der Waals surface area (Å²) in [6.45, 7) is 2.75. The Morgan fingerprint density at radius 3 is 2.35 bits per heavy atom. The molecule has 2 fully saturated rings. The Bertz CT molecular complexity index is 614. The zero-order chi connectivity index (χ0) is 16.4. The molecular formula is C17H25NO4S. The number of sulfonamides is 1. The van der Waals surface area contributed by atoms with Crippen molar-refractivity contribution >= 4 is 10.0 Å². The van der Waals surface area contributed by atoms with E-state index >= 15 is 0 Å². The normalized spacial score (nSPS) is 28.0. The molecule has 0 aromatic heterocycles. The highest BCUT2D eigenvalue weighted by Crippen LogP contribution is 2.39. The van der Waals surface area contributed by atoms with E-state index in [9.17, 15) is 13.5 Å². The Morgan fingerprint density at radius 2 is 1.78 bits per heavy atom. The molecule has 2 aliphatic rings. The van der Waals surface area contributed by atoms with Gasteiger partial charge < -0.3 is 9.84 Å². The second-order valence-electron chi connectivity index (χ2n) is 6.52. The van der Waals surface area contributed by atoms with E-state index in [2.05, 4.69) is 6.92 Å². The Balaban J connectivity index is 1.75. The van der Waals surface area contributed by atoms with Gasteiger partial charge in [-0.15, -0.1) is 0 Å². The first-order chi connectivity index (χ1) is 11.0. The van der Waals surface area contributed by atoms with Gasteiger partial charge in [-0.3, -0.25) is 0 Å². The number of benzene rings is 1. The Kier molecular flexibility index (Phi) is 4.94. The van der Waals surface area contributed by atoms with E-state index in [0.29, 0.717) is 30.1 Å². The third-order valence-corrected chi connectivity index (χ3v) is 6.83.